The molecule has 11 nitrogen and oxygen atoms in total. The molecule has 9 atom stereocenters. The smallest absolute Gasteiger partial charge is 0.309 e. The second kappa shape index (κ2) is 20.5. The van der Waals surface area contributed by atoms with Gasteiger partial charge in [0.15, 0.2) is 5.78 Å². The summed E-state index contributed by atoms with van der Waals surface area (Å²) in [5.74, 6) is -2.48. The van der Waals surface area contributed by atoms with Crippen molar-refractivity contribution in [1.29, 1.82) is 0 Å². The van der Waals surface area contributed by atoms with Crippen molar-refractivity contribution in [2.24, 2.45) is 29.6 Å². The number of ether oxygens (including phenoxy) is 3. The third-order valence-electron chi connectivity index (χ3n) is 12.2. The first-order valence-electron chi connectivity index (χ1n) is 19.7. The molecule has 2 aliphatic heterocycles. The fraction of sp³-hybridized carbons (Fsp3) is 0.738. The number of amides is 2. The summed E-state index contributed by atoms with van der Waals surface area (Å²) in [4.78, 5) is 71.9. The summed E-state index contributed by atoms with van der Waals surface area (Å²) in [7, 11) is 6.25. The number of carbonyl (C=O) groups excluding carboxylic acids is 5. The van der Waals surface area contributed by atoms with Gasteiger partial charge in [-0.25, -0.2) is 0 Å². The molecule has 1 aromatic carbocycles. The lowest BCUT2D eigenvalue weighted by Crippen LogP contribution is -2.54. The molecule has 0 bridgehead atoms. The Morgan fingerprint density at radius 3 is 2.19 bits per heavy atom. The fourth-order valence-corrected chi connectivity index (χ4v) is 8.50. The molecule has 0 aliphatic carbocycles. The highest BCUT2D eigenvalue weighted by atomic mass is 16.5. The van der Waals surface area contributed by atoms with Gasteiger partial charge in [-0.3, -0.25) is 24.0 Å². The fourth-order valence-electron chi connectivity index (χ4n) is 8.50. The maximum Gasteiger partial charge on any atom is 0.309 e. The molecule has 0 spiro atoms. The Labute approximate surface area is 318 Å². The maximum absolute atomic E-state index is 14.2. The Hall–Kier alpha value is -3.15. The zero-order valence-electron chi connectivity index (χ0n) is 34.0. The molecule has 1 N–H and O–H groups in total. The van der Waals surface area contributed by atoms with Crippen molar-refractivity contribution in [2.75, 3.05) is 41.5 Å². The molecule has 0 aromatic heterocycles. The van der Waals surface area contributed by atoms with Gasteiger partial charge in [-0.05, 0) is 63.0 Å². The number of nitrogens with one attached hydrogen (secondary N) is 1. The van der Waals surface area contributed by atoms with Gasteiger partial charge in [0.25, 0.3) is 0 Å². The van der Waals surface area contributed by atoms with Crippen LogP contribution in [-0.4, -0.2) is 110 Å². The number of nitrogens with zero attached hydrogens (tertiary/aromatic N) is 2. The van der Waals surface area contributed by atoms with Crippen molar-refractivity contribution in [3.8, 4) is 0 Å². The number of likely N-dealkylation sites (tertiary alicyclic amines) is 1. The molecule has 1 aromatic rings. The van der Waals surface area contributed by atoms with Crippen molar-refractivity contribution in [3.63, 3.8) is 0 Å². The molecule has 0 unspecified atom stereocenters. The molecule has 2 saturated heterocycles. The number of benzene rings is 1. The molecule has 2 amide bonds. The predicted molar refractivity (Wildman–Crippen MR) is 205 cm³/mol. The first kappa shape index (κ1) is 44.2. The molecule has 2 aliphatic rings. The number of Topliss-reactive ketones (excluding diaryl/α,β-unsaturated/α-hetero) is 2. The largest absolute Gasteiger partial charge is 0.469 e. The molecule has 11 heteroatoms. The van der Waals surface area contributed by atoms with Gasteiger partial charge in [0.1, 0.15) is 5.78 Å². The Kier molecular flexibility index (Phi) is 17.1. The number of carbonyl (C=O) groups is 5. The third kappa shape index (κ3) is 11.2. The Bertz CT molecular complexity index is 1360. The van der Waals surface area contributed by atoms with Crippen LogP contribution in [0.4, 0.5) is 0 Å². The van der Waals surface area contributed by atoms with Crippen LogP contribution < -0.4 is 5.32 Å². The summed E-state index contributed by atoms with van der Waals surface area (Å²) in [6.07, 6.45) is 3.33. The van der Waals surface area contributed by atoms with E-state index in [0.717, 1.165) is 37.8 Å². The van der Waals surface area contributed by atoms with Crippen LogP contribution in [-0.2, 0) is 44.6 Å². The van der Waals surface area contributed by atoms with Crippen molar-refractivity contribution < 1.29 is 38.2 Å². The highest BCUT2D eigenvalue weighted by molar-refractivity contribution is 5.93. The Balaban J connectivity index is 1.77. The summed E-state index contributed by atoms with van der Waals surface area (Å²) in [6, 6.07) is 8.81. The van der Waals surface area contributed by atoms with Gasteiger partial charge < -0.3 is 29.3 Å². The Morgan fingerprint density at radius 1 is 0.962 bits per heavy atom. The summed E-state index contributed by atoms with van der Waals surface area (Å²) in [6.45, 7) is 13.1. The van der Waals surface area contributed by atoms with Crippen molar-refractivity contribution in [3.05, 3.63) is 35.9 Å². The van der Waals surface area contributed by atoms with E-state index >= 15 is 0 Å². The van der Waals surface area contributed by atoms with Crippen LogP contribution in [0.1, 0.15) is 98.5 Å². The molecule has 2 heterocycles. The van der Waals surface area contributed by atoms with E-state index < -0.39 is 47.5 Å². The van der Waals surface area contributed by atoms with Gasteiger partial charge in [0.2, 0.25) is 11.8 Å². The molecule has 298 valence electrons. The van der Waals surface area contributed by atoms with E-state index in [1.165, 1.54) is 7.11 Å². The number of rotatable bonds is 21. The minimum atomic E-state index is -0.633. The van der Waals surface area contributed by atoms with Crippen LogP contribution >= 0.6 is 0 Å². The van der Waals surface area contributed by atoms with Gasteiger partial charge in [0.05, 0.1) is 49.3 Å². The summed E-state index contributed by atoms with van der Waals surface area (Å²) < 4.78 is 17.1. The Morgan fingerprint density at radius 2 is 1.64 bits per heavy atom. The second-order valence-electron chi connectivity index (χ2n) is 16.0. The van der Waals surface area contributed by atoms with Crippen LogP contribution in [0, 0.1) is 29.6 Å². The van der Waals surface area contributed by atoms with Gasteiger partial charge in [-0.1, -0.05) is 71.4 Å². The standard InChI is InChI=1S/C42H67N3O8/c1-11-28(4)38(44(7)40(49)32(27(2)3)25-36(47)42(6)20-16-21-43-42)35(51-8)26-37(48)45-22-15-19-33(45)39(52-9)29(5)34(46)24-31(41(50)53-10)23-30-17-13-12-14-18-30/h12-14,17-18,27-29,31-33,35,38-39,43H,11,15-16,19-26H2,1-10H3/t28-,29-,31+,32-,33-,35+,38-,39+,42-/m0/s1. The molecular weight excluding hydrogens is 674 g/mol. The molecule has 0 radical (unpaired) electrons. The average Bonchev–Trinajstić information content (AvgIpc) is 3.83. The number of hydrogen-bond acceptors (Lipinski definition) is 9. The molecule has 2 fully saturated rings. The lowest BCUT2D eigenvalue weighted by Gasteiger charge is -2.41. The first-order valence-corrected chi connectivity index (χ1v) is 19.7. The molecule has 53 heavy (non-hydrogen) atoms. The quantitative estimate of drug-likeness (QED) is 0.168. The van der Waals surface area contributed by atoms with Crippen LogP contribution in [0.2, 0.25) is 0 Å². The monoisotopic (exact) mass is 741 g/mol. The van der Waals surface area contributed by atoms with E-state index in [4.69, 9.17) is 14.2 Å². The number of methoxy groups -OCH3 is 3. The van der Waals surface area contributed by atoms with E-state index in [0.29, 0.717) is 19.4 Å². The maximum atomic E-state index is 14.2. The van der Waals surface area contributed by atoms with Gasteiger partial charge in [0, 0.05) is 52.5 Å². The summed E-state index contributed by atoms with van der Waals surface area (Å²) in [5, 5.41) is 3.34. The van der Waals surface area contributed by atoms with Crippen LogP contribution in [0.5, 0.6) is 0 Å². The van der Waals surface area contributed by atoms with Crippen LogP contribution in [0.15, 0.2) is 30.3 Å². The lowest BCUT2D eigenvalue weighted by atomic mass is 9.82. The molecule has 0 saturated carbocycles. The van der Waals surface area contributed by atoms with E-state index in [2.05, 4.69) is 19.2 Å². The zero-order chi connectivity index (χ0) is 39.5. The SMILES string of the molecule is CC[C@H](C)[C@@H]([C@@H](CC(=O)N1CCC[C@H]1[C@H](OC)[C@@H](C)C(=O)C[C@@H](Cc1ccccc1)C(=O)OC)OC)N(C)C(=O)[C@@H](CC(=O)[C@]1(C)CCCN1)C(C)C. The molecular formula is C42H67N3O8. The number of likely N-dealkylation sites (N-methyl/N-ethyl adjacent to an activating group) is 1. The van der Waals surface area contributed by atoms with Crippen LogP contribution in [0.3, 0.4) is 0 Å². The summed E-state index contributed by atoms with van der Waals surface area (Å²) >= 11 is 0. The van der Waals surface area contributed by atoms with E-state index in [9.17, 15) is 24.0 Å². The van der Waals surface area contributed by atoms with Gasteiger partial charge in [-0.15, -0.1) is 0 Å². The van der Waals surface area contributed by atoms with E-state index in [-0.39, 0.29) is 60.5 Å². The van der Waals surface area contributed by atoms with Crippen LogP contribution in [0.25, 0.3) is 0 Å². The lowest BCUT2D eigenvalue weighted by molar-refractivity contribution is -0.150. The zero-order valence-corrected chi connectivity index (χ0v) is 34.0. The number of ketones is 2. The van der Waals surface area contributed by atoms with Crippen molar-refractivity contribution >= 4 is 29.4 Å². The molecule has 3 rings (SSSR count). The topological polar surface area (TPSA) is 132 Å². The van der Waals surface area contributed by atoms with Crippen molar-refractivity contribution in [2.45, 2.75) is 129 Å². The van der Waals surface area contributed by atoms with Gasteiger partial charge >= 0.3 is 5.97 Å². The number of hydrogen-bond donors (Lipinski definition) is 1. The van der Waals surface area contributed by atoms with E-state index in [1.54, 1.807) is 26.2 Å². The normalized spacial score (nSPS) is 22.8. The highest BCUT2D eigenvalue weighted by Crippen LogP contribution is 2.32. The minimum Gasteiger partial charge on any atom is -0.469 e. The summed E-state index contributed by atoms with van der Waals surface area (Å²) in [5.41, 5.74) is 0.336. The van der Waals surface area contributed by atoms with Crippen molar-refractivity contribution in [1.82, 2.24) is 15.1 Å². The van der Waals surface area contributed by atoms with Gasteiger partial charge in [-0.2, -0.15) is 0 Å². The second-order valence-corrected chi connectivity index (χ2v) is 16.0. The third-order valence-corrected chi connectivity index (χ3v) is 12.2. The minimum absolute atomic E-state index is 0.00464. The highest BCUT2D eigenvalue weighted by Gasteiger charge is 2.44. The predicted octanol–water partition coefficient (Wildman–Crippen LogP) is 5.27. The number of esters is 1. The van der Waals surface area contributed by atoms with E-state index in [1.807, 2.05) is 62.9 Å². The average molecular weight is 742 g/mol. The first-order chi connectivity index (χ1) is 25.1.